The first-order valence-corrected chi connectivity index (χ1v) is 10.6. The van der Waals surface area contributed by atoms with Crippen LogP contribution in [-0.2, 0) is 31.3 Å². The Morgan fingerprint density at radius 2 is 1.90 bits per heavy atom. The molecule has 5 rings (SSSR count). The molecule has 1 aromatic heterocycles. The highest BCUT2D eigenvalue weighted by Gasteiger charge is 2.47. The predicted octanol–water partition coefficient (Wildman–Crippen LogP) is 3.97. The molecular weight excluding hydrogens is 377 g/mol. The molecule has 156 valence electrons. The van der Waals surface area contributed by atoms with Crippen LogP contribution in [0.2, 0.25) is 0 Å². The number of hydrogen-bond acceptors (Lipinski definition) is 3. The van der Waals surface area contributed by atoms with Crippen molar-refractivity contribution >= 4 is 5.69 Å². The minimum absolute atomic E-state index is 0.115. The van der Waals surface area contributed by atoms with E-state index in [2.05, 4.69) is 39.0 Å². The van der Waals surface area contributed by atoms with Gasteiger partial charge in [0.2, 0.25) is 0 Å². The number of alkyl halides is 3. The lowest BCUT2D eigenvalue weighted by Crippen LogP contribution is -2.58. The topological polar surface area (TPSA) is 33.1 Å². The standard InChI is InChI=1S/C22H27F3N4/c23-22(24,25)10-5-11-29-19-9-4-2-7-17(19)27-20(29)12-28-15-21(13-26-14-21)16-6-1-3-8-18(16)28/h1,3,6,8,26H,2,4-5,7,9-15H2. The Bertz CT molecular complexity index is 898. The average molecular weight is 404 g/mol. The molecule has 1 saturated heterocycles. The van der Waals surface area contributed by atoms with E-state index in [1.54, 1.807) is 0 Å². The number of anilines is 1. The molecule has 0 radical (unpaired) electrons. The van der Waals surface area contributed by atoms with E-state index in [1.807, 2.05) is 0 Å². The number of benzene rings is 1. The van der Waals surface area contributed by atoms with E-state index in [4.69, 9.17) is 4.98 Å². The molecular formula is C22H27F3N4. The Morgan fingerprint density at radius 1 is 1.10 bits per heavy atom. The van der Waals surface area contributed by atoms with Gasteiger partial charge in [0.05, 0.1) is 12.2 Å². The van der Waals surface area contributed by atoms with Gasteiger partial charge in [-0.3, -0.25) is 0 Å². The van der Waals surface area contributed by atoms with Crippen molar-refractivity contribution in [2.75, 3.05) is 24.5 Å². The predicted molar refractivity (Wildman–Crippen MR) is 106 cm³/mol. The minimum atomic E-state index is -4.10. The van der Waals surface area contributed by atoms with E-state index in [1.165, 1.54) is 16.9 Å². The number of rotatable bonds is 5. The molecule has 1 fully saturated rings. The van der Waals surface area contributed by atoms with Crippen molar-refractivity contribution in [1.82, 2.24) is 14.9 Å². The van der Waals surface area contributed by atoms with Gasteiger partial charge in [-0.15, -0.1) is 0 Å². The smallest absolute Gasteiger partial charge is 0.363 e. The zero-order chi connectivity index (χ0) is 20.1. The molecule has 0 unspecified atom stereocenters. The molecule has 1 spiro atoms. The van der Waals surface area contributed by atoms with Crippen LogP contribution >= 0.6 is 0 Å². The molecule has 0 amide bonds. The van der Waals surface area contributed by atoms with Gasteiger partial charge in [-0.25, -0.2) is 4.98 Å². The van der Waals surface area contributed by atoms with E-state index in [9.17, 15) is 13.2 Å². The molecule has 4 nitrogen and oxygen atoms in total. The van der Waals surface area contributed by atoms with Crippen LogP contribution in [0.1, 0.15) is 48.5 Å². The molecule has 0 saturated carbocycles. The number of hydrogen-bond donors (Lipinski definition) is 1. The van der Waals surface area contributed by atoms with E-state index in [0.29, 0.717) is 13.1 Å². The third kappa shape index (κ3) is 3.43. The summed E-state index contributed by atoms with van der Waals surface area (Å²) < 4.78 is 40.2. The maximum Gasteiger partial charge on any atom is 0.389 e. The Hall–Kier alpha value is -2.02. The van der Waals surface area contributed by atoms with Gasteiger partial charge < -0.3 is 14.8 Å². The van der Waals surface area contributed by atoms with Crippen LogP contribution in [-0.4, -0.2) is 35.4 Å². The van der Waals surface area contributed by atoms with Crippen LogP contribution in [0.5, 0.6) is 0 Å². The number of imidazole rings is 1. The number of fused-ring (bicyclic) bond motifs is 3. The van der Waals surface area contributed by atoms with Gasteiger partial charge in [0.1, 0.15) is 5.82 Å². The van der Waals surface area contributed by atoms with Gasteiger partial charge in [0.25, 0.3) is 0 Å². The normalized spacial score (nSPS) is 19.9. The van der Waals surface area contributed by atoms with E-state index in [0.717, 1.165) is 56.8 Å². The summed E-state index contributed by atoms with van der Waals surface area (Å²) in [5, 5.41) is 3.41. The van der Waals surface area contributed by atoms with Crippen LogP contribution < -0.4 is 10.2 Å². The largest absolute Gasteiger partial charge is 0.389 e. The zero-order valence-electron chi connectivity index (χ0n) is 16.6. The van der Waals surface area contributed by atoms with Crippen molar-refractivity contribution in [2.45, 2.75) is 63.2 Å². The average Bonchev–Trinajstić information content (AvgIpc) is 3.17. The van der Waals surface area contributed by atoms with Gasteiger partial charge in [-0.05, 0) is 43.7 Å². The Labute approximate surface area is 169 Å². The minimum Gasteiger partial charge on any atom is -0.363 e. The van der Waals surface area contributed by atoms with Crippen molar-refractivity contribution in [1.29, 1.82) is 0 Å². The van der Waals surface area contributed by atoms with E-state index in [-0.39, 0.29) is 11.8 Å². The summed E-state index contributed by atoms with van der Waals surface area (Å²) in [5.41, 5.74) is 5.08. The molecule has 1 aliphatic carbocycles. The molecule has 1 N–H and O–H groups in total. The van der Waals surface area contributed by atoms with Crippen molar-refractivity contribution in [3.63, 3.8) is 0 Å². The Kier molecular flexibility index (Phi) is 4.61. The molecule has 2 aromatic rings. The van der Waals surface area contributed by atoms with Crippen molar-refractivity contribution in [2.24, 2.45) is 0 Å². The number of nitrogens with zero attached hydrogens (tertiary/aromatic N) is 3. The van der Waals surface area contributed by atoms with Crippen LogP contribution in [0.4, 0.5) is 18.9 Å². The van der Waals surface area contributed by atoms with Gasteiger partial charge in [-0.2, -0.15) is 13.2 Å². The number of aryl methyl sites for hydroxylation is 1. The molecule has 3 heterocycles. The van der Waals surface area contributed by atoms with Crippen LogP contribution in [0, 0.1) is 0 Å². The first kappa shape index (κ1) is 19.0. The fraction of sp³-hybridized carbons (Fsp3) is 0.591. The molecule has 2 aliphatic heterocycles. The summed E-state index contributed by atoms with van der Waals surface area (Å²) in [6.45, 7) is 3.98. The molecule has 0 bridgehead atoms. The fourth-order valence-corrected chi connectivity index (χ4v) is 5.25. The summed E-state index contributed by atoms with van der Waals surface area (Å²) in [7, 11) is 0. The highest BCUT2D eigenvalue weighted by molar-refractivity contribution is 5.64. The summed E-state index contributed by atoms with van der Waals surface area (Å²) in [6.07, 6.45) is -0.632. The highest BCUT2D eigenvalue weighted by Crippen LogP contribution is 2.43. The number of nitrogens with one attached hydrogen (secondary N) is 1. The molecule has 7 heteroatoms. The maximum absolute atomic E-state index is 12.7. The third-order valence-electron chi connectivity index (χ3n) is 6.72. The van der Waals surface area contributed by atoms with Crippen LogP contribution in [0.25, 0.3) is 0 Å². The molecule has 1 aromatic carbocycles. The lowest BCUT2D eigenvalue weighted by atomic mass is 9.77. The lowest BCUT2D eigenvalue weighted by molar-refractivity contribution is -0.135. The van der Waals surface area contributed by atoms with Crippen molar-refractivity contribution < 1.29 is 13.2 Å². The second kappa shape index (κ2) is 7.04. The van der Waals surface area contributed by atoms with Crippen LogP contribution in [0.3, 0.4) is 0 Å². The van der Waals surface area contributed by atoms with Crippen molar-refractivity contribution in [3.8, 4) is 0 Å². The second-order valence-corrected chi connectivity index (χ2v) is 8.76. The summed E-state index contributed by atoms with van der Waals surface area (Å²) in [5.74, 6) is 0.929. The summed E-state index contributed by atoms with van der Waals surface area (Å²) >= 11 is 0. The summed E-state index contributed by atoms with van der Waals surface area (Å²) in [6, 6.07) is 8.55. The fourth-order valence-electron chi connectivity index (χ4n) is 5.25. The Morgan fingerprint density at radius 3 is 2.66 bits per heavy atom. The van der Waals surface area contributed by atoms with Gasteiger partial charge >= 0.3 is 6.18 Å². The third-order valence-corrected chi connectivity index (χ3v) is 6.72. The SMILES string of the molecule is FC(F)(F)CCCn1c(CN2CC3(CNC3)c3ccccc32)nc2c1CCCC2. The van der Waals surface area contributed by atoms with Gasteiger partial charge in [-0.1, -0.05) is 18.2 Å². The monoisotopic (exact) mass is 404 g/mol. The van der Waals surface area contributed by atoms with E-state index < -0.39 is 12.6 Å². The van der Waals surface area contributed by atoms with Crippen LogP contribution in [0.15, 0.2) is 24.3 Å². The van der Waals surface area contributed by atoms with Gasteiger partial charge in [0.15, 0.2) is 0 Å². The molecule has 0 atom stereocenters. The number of para-hydroxylation sites is 1. The van der Waals surface area contributed by atoms with Crippen molar-refractivity contribution in [3.05, 3.63) is 47.0 Å². The molecule has 3 aliphatic rings. The lowest BCUT2D eigenvalue weighted by Gasteiger charge is -2.40. The van der Waals surface area contributed by atoms with Gasteiger partial charge in [0, 0.05) is 49.4 Å². The Balaban J connectivity index is 1.42. The highest BCUT2D eigenvalue weighted by atomic mass is 19.4. The number of aromatic nitrogens is 2. The first-order valence-electron chi connectivity index (χ1n) is 10.6. The van der Waals surface area contributed by atoms with E-state index >= 15 is 0 Å². The zero-order valence-corrected chi connectivity index (χ0v) is 16.6. The first-order chi connectivity index (χ1) is 14.0. The maximum atomic E-state index is 12.7. The molecule has 29 heavy (non-hydrogen) atoms. The summed E-state index contributed by atoms with van der Waals surface area (Å²) in [4.78, 5) is 7.30. The quantitative estimate of drug-likeness (QED) is 0.819. The number of halogens is 3. The second-order valence-electron chi connectivity index (χ2n) is 8.76.